The van der Waals surface area contributed by atoms with Gasteiger partial charge in [-0.05, 0) is 30.3 Å². The molecule has 0 atom stereocenters. The van der Waals surface area contributed by atoms with Gasteiger partial charge in [-0.1, -0.05) is 12.1 Å². The zero-order chi connectivity index (χ0) is 20.9. The van der Waals surface area contributed by atoms with Crippen LogP contribution < -0.4 is 5.32 Å². The molecular weight excluding hydrogens is 392 g/mol. The molecule has 0 radical (unpaired) electrons. The maximum absolute atomic E-state index is 12.9. The van der Waals surface area contributed by atoms with Crippen LogP contribution in [0.3, 0.4) is 0 Å². The van der Waals surface area contributed by atoms with Gasteiger partial charge >= 0.3 is 0 Å². The van der Waals surface area contributed by atoms with E-state index < -0.39 is 10.0 Å². The van der Waals surface area contributed by atoms with Gasteiger partial charge in [-0.2, -0.15) is 4.31 Å². The number of amides is 2. The van der Waals surface area contributed by atoms with Gasteiger partial charge in [0.25, 0.3) is 5.91 Å². The van der Waals surface area contributed by atoms with Crippen molar-refractivity contribution >= 4 is 21.8 Å². The highest BCUT2D eigenvalue weighted by atomic mass is 32.2. The highest BCUT2D eigenvalue weighted by molar-refractivity contribution is 7.89. The van der Waals surface area contributed by atoms with Crippen molar-refractivity contribution in [2.45, 2.75) is 18.2 Å². The minimum absolute atomic E-state index is 0.0635. The van der Waals surface area contributed by atoms with Crippen molar-refractivity contribution in [3.63, 3.8) is 0 Å². The Morgan fingerprint density at radius 2 is 1.83 bits per heavy atom. The number of carbonyl (C=O) groups excluding carboxylic acids is 2. The molecule has 2 heterocycles. The fraction of sp³-hybridized carbons (Fsp3) is 0.350. The number of hydrogen-bond donors (Lipinski definition) is 1. The summed E-state index contributed by atoms with van der Waals surface area (Å²) < 4.78 is 27.2. The fourth-order valence-electron chi connectivity index (χ4n) is 3.14. The third-order valence-electron chi connectivity index (χ3n) is 4.81. The smallest absolute Gasteiger partial charge is 0.251 e. The molecule has 1 aliphatic rings. The maximum Gasteiger partial charge on any atom is 0.251 e. The van der Waals surface area contributed by atoms with E-state index in [-0.39, 0.29) is 35.4 Å². The average Bonchev–Trinajstić information content (AvgIpc) is 2.74. The molecule has 0 saturated carbocycles. The van der Waals surface area contributed by atoms with Crippen LogP contribution in [0, 0.1) is 0 Å². The summed E-state index contributed by atoms with van der Waals surface area (Å²) in [5.41, 5.74) is 1.16. The first kappa shape index (κ1) is 20.9. The Labute approximate surface area is 170 Å². The summed E-state index contributed by atoms with van der Waals surface area (Å²) in [6.45, 7) is 3.08. The highest BCUT2D eigenvalue weighted by Crippen LogP contribution is 2.19. The van der Waals surface area contributed by atoms with E-state index in [9.17, 15) is 18.0 Å². The molecule has 2 aromatic rings. The van der Waals surface area contributed by atoms with Crippen LogP contribution >= 0.6 is 0 Å². The van der Waals surface area contributed by atoms with Crippen molar-refractivity contribution in [3.05, 3.63) is 59.9 Å². The van der Waals surface area contributed by atoms with Gasteiger partial charge in [0.05, 0.1) is 4.90 Å². The van der Waals surface area contributed by atoms with Crippen molar-refractivity contribution in [2.75, 3.05) is 32.7 Å². The second-order valence-corrected chi connectivity index (χ2v) is 8.70. The van der Waals surface area contributed by atoms with Gasteiger partial charge in [0.15, 0.2) is 0 Å². The van der Waals surface area contributed by atoms with Crippen LogP contribution in [0.25, 0.3) is 0 Å². The number of hydrogen-bond acceptors (Lipinski definition) is 5. The number of carbonyl (C=O) groups is 2. The van der Waals surface area contributed by atoms with Gasteiger partial charge in [0.2, 0.25) is 15.9 Å². The quantitative estimate of drug-likeness (QED) is 0.755. The van der Waals surface area contributed by atoms with E-state index in [4.69, 9.17) is 0 Å². The lowest BCUT2D eigenvalue weighted by molar-refractivity contribution is -0.129. The van der Waals surface area contributed by atoms with Gasteiger partial charge in [-0.3, -0.25) is 14.6 Å². The monoisotopic (exact) mass is 416 g/mol. The molecule has 154 valence electrons. The minimum atomic E-state index is -3.73. The van der Waals surface area contributed by atoms with Crippen molar-refractivity contribution in [2.24, 2.45) is 0 Å². The largest absolute Gasteiger partial charge is 0.352 e. The summed E-state index contributed by atoms with van der Waals surface area (Å²) in [5, 5.41) is 2.79. The molecule has 1 aliphatic heterocycles. The van der Waals surface area contributed by atoms with E-state index in [1.54, 1.807) is 23.2 Å². The molecule has 3 rings (SSSR count). The molecule has 2 amide bonds. The number of benzene rings is 1. The molecule has 9 heteroatoms. The zero-order valence-corrected chi connectivity index (χ0v) is 17.1. The Balaban J connectivity index is 1.63. The summed E-state index contributed by atoms with van der Waals surface area (Å²) in [4.78, 5) is 29.8. The molecule has 0 spiro atoms. The number of rotatable bonds is 6. The van der Waals surface area contributed by atoms with Gasteiger partial charge in [-0.15, -0.1) is 0 Å². The molecule has 0 aliphatic carbocycles. The molecular formula is C20H24N4O4S. The Morgan fingerprint density at radius 1 is 1.07 bits per heavy atom. The number of nitrogens with zero attached hydrogens (tertiary/aromatic N) is 3. The lowest BCUT2D eigenvalue weighted by Crippen LogP contribution is -2.49. The molecule has 8 nitrogen and oxygen atoms in total. The molecule has 1 saturated heterocycles. The van der Waals surface area contributed by atoms with Crippen LogP contribution in [0.15, 0.2) is 53.6 Å². The Morgan fingerprint density at radius 3 is 2.48 bits per heavy atom. The highest BCUT2D eigenvalue weighted by Gasteiger charge is 2.29. The second kappa shape index (κ2) is 9.15. The van der Waals surface area contributed by atoms with Gasteiger partial charge in [0.1, 0.15) is 0 Å². The molecule has 1 fully saturated rings. The zero-order valence-electron chi connectivity index (χ0n) is 16.2. The molecule has 1 N–H and O–H groups in total. The van der Waals surface area contributed by atoms with E-state index in [2.05, 4.69) is 10.3 Å². The number of nitrogens with one attached hydrogen (secondary N) is 1. The van der Waals surface area contributed by atoms with Gasteiger partial charge in [-0.25, -0.2) is 8.42 Å². The number of piperazine rings is 1. The van der Waals surface area contributed by atoms with Crippen molar-refractivity contribution < 1.29 is 18.0 Å². The molecule has 1 aromatic carbocycles. The van der Waals surface area contributed by atoms with Crippen molar-refractivity contribution in [1.82, 2.24) is 19.5 Å². The van der Waals surface area contributed by atoms with Crippen LogP contribution in [-0.4, -0.2) is 67.1 Å². The summed E-state index contributed by atoms with van der Waals surface area (Å²) in [6.07, 6.45) is 2.28. The Hall–Kier alpha value is -2.78. The fourth-order valence-corrected chi connectivity index (χ4v) is 4.61. The Bertz CT molecular complexity index is 971. The van der Waals surface area contributed by atoms with Crippen molar-refractivity contribution in [3.8, 4) is 0 Å². The lowest BCUT2D eigenvalue weighted by Gasteiger charge is -2.33. The third-order valence-corrected chi connectivity index (χ3v) is 6.71. The van der Waals surface area contributed by atoms with E-state index in [1.807, 2.05) is 18.2 Å². The third kappa shape index (κ3) is 5.18. The van der Waals surface area contributed by atoms with Crippen LogP contribution in [0.1, 0.15) is 23.0 Å². The van der Waals surface area contributed by atoms with Crippen LogP contribution in [0.5, 0.6) is 0 Å². The van der Waals surface area contributed by atoms with E-state index in [1.165, 1.54) is 23.4 Å². The first-order valence-electron chi connectivity index (χ1n) is 9.42. The molecule has 1 aromatic heterocycles. The minimum Gasteiger partial charge on any atom is -0.352 e. The van der Waals surface area contributed by atoms with E-state index in [0.717, 1.165) is 5.69 Å². The SMILES string of the molecule is CC(=O)N1CCN(S(=O)(=O)c2cccc(C(=O)NCCc3ccccn3)c2)CC1. The lowest BCUT2D eigenvalue weighted by atomic mass is 10.2. The van der Waals surface area contributed by atoms with Gasteiger partial charge < -0.3 is 10.2 Å². The summed E-state index contributed by atoms with van der Waals surface area (Å²) in [7, 11) is -3.73. The molecule has 0 bridgehead atoms. The predicted octanol–water partition coefficient (Wildman–Crippen LogP) is 0.907. The van der Waals surface area contributed by atoms with Crippen LogP contribution in [-0.2, 0) is 21.2 Å². The predicted molar refractivity (Wildman–Crippen MR) is 108 cm³/mol. The standard InChI is InChI=1S/C20H24N4O4S/c1-16(25)23-11-13-24(14-12-23)29(27,28)19-7-4-5-17(15-19)20(26)22-10-8-18-6-2-3-9-21-18/h2-7,9,15H,8,10-14H2,1H3,(H,22,26). The van der Waals surface area contributed by atoms with Crippen LogP contribution in [0.2, 0.25) is 0 Å². The second-order valence-electron chi connectivity index (χ2n) is 6.76. The Kier molecular flexibility index (Phi) is 6.60. The van der Waals surface area contributed by atoms with Crippen LogP contribution in [0.4, 0.5) is 0 Å². The summed E-state index contributed by atoms with van der Waals surface area (Å²) in [5.74, 6) is -0.397. The summed E-state index contributed by atoms with van der Waals surface area (Å²) in [6, 6.07) is 11.6. The first-order valence-corrected chi connectivity index (χ1v) is 10.9. The first-order chi connectivity index (χ1) is 13.9. The number of aromatic nitrogens is 1. The maximum atomic E-state index is 12.9. The molecule has 29 heavy (non-hydrogen) atoms. The number of pyridine rings is 1. The molecule has 0 unspecified atom stereocenters. The van der Waals surface area contributed by atoms with Gasteiger partial charge in [0, 0.05) is 63.5 Å². The average molecular weight is 417 g/mol. The topological polar surface area (TPSA) is 99.7 Å². The van der Waals surface area contributed by atoms with Crippen molar-refractivity contribution in [1.29, 1.82) is 0 Å². The summed E-state index contributed by atoms with van der Waals surface area (Å²) >= 11 is 0. The van der Waals surface area contributed by atoms with E-state index in [0.29, 0.717) is 26.1 Å². The normalized spacial score (nSPS) is 15.1. The van der Waals surface area contributed by atoms with E-state index >= 15 is 0 Å². The number of sulfonamides is 1.